The van der Waals surface area contributed by atoms with E-state index in [0.717, 1.165) is 51.7 Å². The van der Waals surface area contributed by atoms with Gasteiger partial charge >= 0.3 is 5.97 Å². The van der Waals surface area contributed by atoms with Gasteiger partial charge in [-0.2, -0.15) is 0 Å². The molecular weight excluding hydrogens is 340 g/mol. The zero-order valence-corrected chi connectivity index (χ0v) is 17.3. The van der Waals surface area contributed by atoms with Crippen molar-refractivity contribution in [3.63, 3.8) is 0 Å². The molecule has 0 heterocycles. The number of phenolic OH excluding ortho intramolecular Hbond substituents is 1. The lowest BCUT2D eigenvalue weighted by Crippen LogP contribution is -2.18. The minimum Gasteiger partial charge on any atom is -0.508 e. The highest BCUT2D eigenvalue weighted by molar-refractivity contribution is 5.89. The number of esters is 1. The normalized spacial score (nSPS) is 12.1. The lowest BCUT2D eigenvalue weighted by Gasteiger charge is -2.17. The first-order valence-corrected chi connectivity index (χ1v) is 10.7. The van der Waals surface area contributed by atoms with Gasteiger partial charge in [0.15, 0.2) is 0 Å². The van der Waals surface area contributed by atoms with E-state index in [1.165, 1.54) is 44.2 Å². The van der Waals surface area contributed by atoms with Crippen LogP contribution in [0.5, 0.6) is 5.75 Å². The average Bonchev–Trinajstić information content (AvgIpc) is 2.66. The second kappa shape index (κ2) is 15.5. The molecule has 0 aliphatic rings. The number of carbonyl (C=O) groups excluding carboxylic acids is 1. The Labute approximate surface area is 165 Å². The second-order valence-corrected chi connectivity index (χ2v) is 7.24. The van der Waals surface area contributed by atoms with E-state index >= 15 is 0 Å². The first-order chi connectivity index (χ1) is 13.2. The Morgan fingerprint density at radius 1 is 0.852 bits per heavy atom. The van der Waals surface area contributed by atoms with Gasteiger partial charge in [0, 0.05) is 13.2 Å². The zero-order valence-electron chi connectivity index (χ0n) is 17.3. The topological polar surface area (TPSA) is 55.8 Å². The summed E-state index contributed by atoms with van der Waals surface area (Å²) in [6, 6.07) is 6.20. The maximum Gasteiger partial charge on any atom is 0.338 e. The Morgan fingerprint density at radius 2 is 1.48 bits per heavy atom. The Hall–Kier alpha value is -1.55. The van der Waals surface area contributed by atoms with E-state index in [1.807, 2.05) is 0 Å². The van der Waals surface area contributed by atoms with Crippen molar-refractivity contribution in [3.05, 3.63) is 29.8 Å². The van der Waals surface area contributed by atoms with Crippen LogP contribution in [-0.2, 0) is 9.47 Å². The predicted molar refractivity (Wildman–Crippen MR) is 110 cm³/mol. The number of carbonyl (C=O) groups is 1. The molecule has 0 bridgehead atoms. The van der Waals surface area contributed by atoms with E-state index < -0.39 is 0 Å². The Bertz CT molecular complexity index is 484. The minimum absolute atomic E-state index is 0.0464. The van der Waals surface area contributed by atoms with E-state index in [4.69, 9.17) is 9.47 Å². The molecule has 1 N–H and O–H groups in total. The first kappa shape index (κ1) is 23.5. The molecule has 154 valence electrons. The SMILES string of the molecule is CCCCCCCCOCCCCC(CCC)OC(=O)c1ccc(O)cc1. The summed E-state index contributed by atoms with van der Waals surface area (Å²) < 4.78 is 11.4. The van der Waals surface area contributed by atoms with Gasteiger partial charge in [-0.05, 0) is 56.4 Å². The summed E-state index contributed by atoms with van der Waals surface area (Å²) in [4.78, 5) is 12.2. The van der Waals surface area contributed by atoms with Crippen molar-refractivity contribution in [2.75, 3.05) is 13.2 Å². The number of ether oxygens (including phenoxy) is 2. The molecule has 0 aliphatic carbocycles. The number of rotatable bonds is 16. The van der Waals surface area contributed by atoms with Crippen molar-refractivity contribution < 1.29 is 19.4 Å². The van der Waals surface area contributed by atoms with E-state index in [2.05, 4.69) is 13.8 Å². The quantitative estimate of drug-likeness (QED) is 0.272. The fraction of sp³-hybridized carbons (Fsp3) is 0.696. The van der Waals surface area contributed by atoms with E-state index in [1.54, 1.807) is 12.1 Å². The van der Waals surface area contributed by atoms with Crippen LogP contribution in [0.3, 0.4) is 0 Å². The molecule has 0 fully saturated rings. The van der Waals surface area contributed by atoms with Crippen LogP contribution in [-0.4, -0.2) is 30.4 Å². The molecule has 1 rings (SSSR count). The third-order valence-electron chi connectivity index (χ3n) is 4.69. The van der Waals surface area contributed by atoms with Crippen LogP contribution in [0.1, 0.15) is 94.8 Å². The second-order valence-electron chi connectivity index (χ2n) is 7.24. The molecule has 0 saturated carbocycles. The summed E-state index contributed by atoms with van der Waals surface area (Å²) in [5.74, 6) is -0.162. The highest BCUT2D eigenvalue weighted by Gasteiger charge is 2.15. The summed E-state index contributed by atoms with van der Waals surface area (Å²) in [7, 11) is 0. The van der Waals surface area contributed by atoms with Crippen molar-refractivity contribution in [1.82, 2.24) is 0 Å². The molecule has 4 heteroatoms. The van der Waals surface area contributed by atoms with E-state index in [9.17, 15) is 9.90 Å². The maximum atomic E-state index is 12.2. The Morgan fingerprint density at radius 3 is 2.15 bits per heavy atom. The molecule has 0 radical (unpaired) electrons. The number of unbranched alkanes of at least 4 members (excludes halogenated alkanes) is 6. The largest absolute Gasteiger partial charge is 0.508 e. The molecule has 1 unspecified atom stereocenters. The lowest BCUT2D eigenvalue weighted by atomic mass is 10.1. The molecule has 27 heavy (non-hydrogen) atoms. The van der Waals surface area contributed by atoms with Gasteiger partial charge in [-0.3, -0.25) is 0 Å². The fourth-order valence-corrected chi connectivity index (χ4v) is 3.06. The molecule has 0 spiro atoms. The van der Waals surface area contributed by atoms with Gasteiger partial charge in [-0.1, -0.05) is 52.4 Å². The Balaban J connectivity index is 2.12. The molecule has 0 saturated heterocycles. The third-order valence-corrected chi connectivity index (χ3v) is 4.69. The third kappa shape index (κ3) is 11.7. The number of phenols is 1. The number of hydrogen-bond acceptors (Lipinski definition) is 4. The van der Waals surface area contributed by atoms with Crippen molar-refractivity contribution in [2.45, 2.75) is 90.6 Å². The molecule has 0 aromatic heterocycles. The maximum absolute atomic E-state index is 12.2. The fourth-order valence-electron chi connectivity index (χ4n) is 3.06. The molecule has 1 aromatic rings. The van der Waals surface area contributed by atoms with Crippen LogP contribution in [0.15, 0.2) is 24.3 Å². The van der Waals surface area contributed by atoms with Crippen molar-refractivity contribution in [1.29, 1.82) is 0 Å². The van der Waals surface area contributed by atoms with E-state index in [-0.39, 0.29) is 17.8 Å². The van der Waals surface area contributed by atoms with Gasteiger partial charge in [0.2, 0.25) is 0 Å². The summed E-state index contributed by atoms with van der Waals surface area (Å²) in [5.41, 5.74) is 0.483. The summed E-state index contributed by atoms with van der Waals surface area (Å²) in [5, 5.41) is 9.31. The van der Waals surface area contributed by atoms with Crippen LogP contribution >= 0.6 is 0 Å². The van der Waals surface area contributed by atoms with Crippen LogP contribution in [0.25, 0.3) is 0 Å². The lowest BCUT2D eigenvalue weighted by molar-refractivity contribution is 0.0247. The predicted octanol–water partition coefficient (Wildman–Crippen LogP) is 6.27. The molecule has 0 aliphatic heterocycles. The monoisotopic (exact) mass is 378 g/mol. The van der Waals surface area contributed by atoms with E-state index in [0.29, 0.717) is 5.56 Å². The molecule has 0 amide bonds. The molecule has 4 nitrogen and oxygen atoms in total. The summed E-state index contributed by atoms with van der Waals surface area (Å²) in [6.07, 6.45) is 12.4. The smallest absolute Gasteiger partial charge is 0.338 e. The van der Waals surface area contributed by atoms with Crippen molar-refractivity contribution in [3.8, 4) is 5.75 Å². The Kier molecular flexibility index (Phi) is 13.5. The molecular formula is C23H38O4. The van der Waals surface area contributed by atoms with Gasteiger partial charge in [-0.25, -0.2) is 4.79 Å². The van der Waals surface area contributed by atoms with Gasteiger partial charge in [0.1, 0.15) is 11.9 Å². The van der Waals surface area contributed by atoms with Crippen LogP contribution in [0, 0.1) is 0 Å². The number of benzene rings is 1. The van der Waals surface area contributed by atoms with Crippen LogP contribution in [0.4, 0.5) is 0 Å². The van der Waals surface area contributed by atoms with Crippen molar-refractivity contribution >= 4 is 5.97 Å². The van der Waals surface area contributed by atoms with Crippen LogP contribution < -0.4 is 0 Å². The van der Waals surface area contributed by atoms with Crippen molar-refractivity contribution in [2.24, 2.45) is 0 Å². The highest BCUT2D eigenvalue weighted by Crippen LogP contribution is 2.16. The van der Waals surface area contributed by atoms with Gasteiger partial charge in [0.05, 0.1) is 5.56 Å². The highest BCUT2D eigenvalue weighted by atomic mass is 16.5. The average molecular weight is 379 g/mol. The van der Waals surface area contributed by atoms with Gasteiger partial charge in [-0.15, -0.1) is 0 Å². The summed E-state index contributed by atoms with van der Waals surface area (Å²) in [6.45, 7) is 5.99. The van der Waals surface area contributed by atoms with Gasteiger partial charge < -0.3 is 14.6 Å². The first-order valence-electron chi connectivity index (χ1n) is 10.7. The minimum atomic E-state index is -0.312. The number of aromatic hydroxyl groups is 1. The standard InChI is InChI=1S/C23H38O4/c1-3-5-6-7-8-10-18-26-19-11-9-13-22(12-4-2)27-23(25)20-14-16-21(24)17-15-20/h14-17,22,24H,3-13,18-19H2,1-2H3. The summed E-state index contributed by atoms with van der Waals surface area (Å²) >= 11 is 0. The molecule has 1 aromatic carbocycles. The molecule has 1 atom stereocenters. The van der Waals surface area contributed by atoms with Gasteiger partial charge in [0.25, 0.3) is 0 Å². The zero-order chi connectivity index (χ0) is 19.7. The number of hydrogen-bond donors (Lipinski definition) is 1. The van der Waals surface area contributed by atoms with Crippen LogP contribution in [0.2, 0.25) is 0 Å².